The number of nitrogens with zero attached hydrogens (tertiary/aromatic N) is 6. The number of aryl methyl sites for hydroxylation is 1. The number of allylic oxidation sites excluding steroid dienone is 8. The van der Waals surface area contributed by atoms with E-state index in [9.17, 15) is 22.4 Å². The van der Waals surface area contributed by atoms with Gasteiger partial charge in [0.2, 0.25) is 0 Å². The third-order valence-corrected chi connectivity index (χ3v) is 20.1. The zero-order valence-electron chi connectivity index (χ0n) is 41.7. The maximum Gasteiger partial charge on any atom is 1.00 e. The van der Waals surface area contributed by atoms with E-state index in [0.717, 1.165) is 30.7 Å². The zero-order valence-corrected chi connectivity index (χ0v) is 43.5. The van der Waals surface area contributed by atoms with Crippen molar-refractivity contribution in [2.24, 2.45) is 86.0 Å². The van der Waals surface area contributed by atoms with Gasteiger partial charge in [0.05, 0.1) is 20.0 Å². The number of hydrogen-bond donors (Lipinski definition) is 0. The van der Waals surface area contributed by atoms with Gasteiger partial charge < -0.3 is 11.1 Å². The van der Waals surface area contributed by atoms with Crippen LogP contribution in [0.15, 0.2) is 81.9 Å². The molecule has 8 unspecified atom stereocenters. The second-order valence-corrected chi connectivity index (χ2v) is 23.3. The summed E-state index contributed by atoms with van der Waals surface area (Å²) < 4.78 is 46.6. The van der Waals surface area contributed by atoms with Crippen LogP contribution in [-0.2, 0) is 23.9 Å². The molecule has 0 saturated heterocycles. The molecule has 0 radical (unpaired) electrons. The largest absolute Gasteiger partial charge is 1.00 e. The minimum absolute atomic E-state index is 0. The molecule has 4 saturated carbocycles. The van der Waals surface area contributed by atoms with Crippen molar-refractivity contribution in [1.29, 1.82) is 0 Å². The molecule has 0 heterocycles. The second kappa shape index (κ2) is 21.7. The van der Waals surface area contributed by atoms with Crippen molar-refractivity contribution in [2.45, 2.75) is 130 Å². The Morgan fingerprint density at radius 2 is 1.20 bits per heavy atom. The fourth-order valence-electron chi connectivity index (χ4n) is 15.3. The number of azide groups is 1. The van der Waals surface area contributed by atoms with E-state index in [2.05, 4.69) is 75.9 Å². The van der Waals surface area contributed by atoms with Crippen molar-refractivity contribution in [3.8, 4) is 0 Å². The first-order valence-electron chi connectivity index (χ1n) is 24.7. The maximum absolute atomic E-state index is 12.7. The van der Waals surface area contributed by atoms with E-state index in [0.29, 0.717) is 77.9 Å². The van der Waals surface area contributed by atoms with E-state index in [-0.39, 0.29) is 69.0 Å². The van der Waals surface area contributed by atoms with Crippen LogP contribution in [-0.4, -0.2) is 40.3 Å². The molecule has 66 heavy (non-hydrogen) atoms. The molecule has 11 nitrogen and oxygen atoms in total. The first kappa shape index (κ1) is 52.4. The summed E-state index contributed by atoms with van der Waals surface area (Å²) in [5.74, 6) is 6.12. The van der Waals surface area contributed by atoms with Crippen molar-refractivity contribution >= 4 is 21.7 Å². The average Bonchev–Trinajstić information content (AvgIpc) is 3.83. The first-order valence-corrected chi connectivity index (χ1v) is 25.4. The Bertz CT molecular complexity index is 2300. The summed E-state index contributed by atoms with van der Waals surface area (Å²) in [5.41, 5.74) is 26.6. The van der Waals surface area contributed by atoms with E-state index >= 15 is 0 Å². The van der Waals surface area contributed by atoms with Gasteiger partial charge in [0, 0.05) is 24.3 Å². The summed E-state index contributed by atoms with van der Waals surface area (Å²) in [6.07, 6.45) is 26.3. The number of ketones is 2. The summed E-state index contributed by atoms with van der Waals surface area (Å²) in [7, 11) is -4.74. The standard InChI is InChI=1S/C29H38O4S.C22H31N3O.CH3F.N3.Na/c1-19-5-8-23(9-6-19)34(31,32)33-18-20(2)25-11-12-26-24-10-7-21-17-22(30)13-15-28(21,3)27(24)14-16-29(25,26)4;1-14(13-24-25-23)18-6-7-19-17-5-4-15-12-16(26)8-10-21(15,2)20(17)9-11-22(18,19)3;1-2;1-3-2;/h5-10,17,20,24-27H,11-16,18H2,1-4H3;4-5,12,14,17-20H,6-11,13H2,1-3H3;1H3;;/q;;;-1;+1/t20-,24?,25?,26?,27?,28+,29-;14-,17?,18?,19?,20?,21+,22-;;;/m11.../s1/i;;1D;;. The summed E-state index contributed by atoms with van der Waals surface area (Å²) in [4.78, 5) is 28.7. The number of carbonyl (C=O) groups excluding carboxylic acids is 2. The minimum atomic E-state index is -3.74. The number of hydrogen-bond acceptors (Lipinski definition) is 6. The number of benzene rings is 1. The van der Waals surface area contributed by atoms with Crippen LogP contribution in [0.25, 0.3) is 26.4 Å². The van der Waals surface area contributed by atoms with Gasteiger partial charge in [0.15, 0.2) is 11.6 Å². The Morgan fingerprint density at radius 3 is 1.64 bits per heavy atom. The number of carbonyl (C=O) groups is 2. The molecule has 14 atom stereocenters. The van der Waals surface area contributed by atoms with E-state index in [1.807, 2.05) is 31.2 Å². The maximum atomic E-state index is 12.7. The fourth-order valence-corrected chi connectivity index (χ4v) is 16.3. The van der Waals surface area contributed by atoms with Gasteiger partial charge in [0.1, 0.15) is 0 Å². The van der Waals surface area contributed by atoms with Gasteiger partial charge in [-0.1, -0.05) is 88.7 Å². The van der Waals surface area contributed by atoms with Crippen LogP contribution in [0.1, 0.15) is 126 Å². The van der Waals surface area contributed by atoms with Crippen LogP contribution in [0.5, 0.6) is 0 Å². The van der Waals surface area contributed by atoms with Crippen molar-refractivity contribution in [3.63, 3.8) is 0 Å². The van der Waals surface area contributed by atoms with Crippen LogP contribution >= 0.6 is 0 Å². The molecule has 0 aromatic heterocycles. The van der Waals surface area contributed by atoms with Crippen molar-refractivity contribution < 1.29 is 57.5 Å². The SMILES string of the molecule is C[C@H](CN=[N+]=[N-])C1CCC2C3C=CC4=CC(=O)CC[C@]4(C)C3CC[C@@]21C.Cc1ccc(S(=O)(=O)OC[C@@H](C)C2CCC3C4C=CC5=CC(=O)CC[C@]5(C)C4CC[C@@]32C)cc1.[2H]CF.[N-]=[N+]=[N-].[Na+]. The third kappa shape index (κ3) is 10.2. The Balaban J connectivity index is 0.000000227. The van der Waals surface area contributed by atoms with E-state index in [1.165, 1.54) is 61.0 Å². The third-order valence-electron chi connectivity index (χ3n) is 18.8. The topological polar surface area (TPSA) is 185 Å². The molecule has 1 aromatic rings. The molecule has 0 spiro atoms. The van der Waals surface area contributed by atoms with Gasteiger partial charge in [-0.15, -0.1) is 0 Å². The number of alkyl halides is 1. The minimum Gasteiger partial charge on any atom is -0.373 e. The van der Waals surface area contributed by atoms with Crippen molar-refractivity contribution in [3.05, 3.63) is 104 Å². The Morgan fingerprint density at radius 1 is 0.758 bits per heavy atom. The van der Waals surface area contributed by atoms with Gasteiger partial charge in [-0.25, -0.2) is 0 Å². The van der Waals surface area contributed by atoms with Gasteiger partial charge >= 0.3 is 29.6 Å². The molecule has 0 bridgehead atoms. The monoisotopic (exact) mass is 936 g/mol. The molecule has 0 aliphatic heterocycles. The van der Waals surface area contributed by atoms with E-state index in [4.69, 9.17) is 22.1 Å². The Hall–Kier alpha value is -3.02. The molecule has 9 rings (SSSR count). The molecule has 14 heteroatoms. The van der Waals surface area contributed by atoms with Gasteiger partial charge in [-0.3, -0.25) is 23.1 Å². The molecule has 0 N–H and O–H groups in total. The number of halogens is 1. The molecule has 0 amide bonds. The van der Waals surface area contributed by atoms with Crippen LogP contribution in [0.4, 0.5) is 4.39 Å². The predicted molar refractivity (Wildman–Crippen MR) is 254 cm³/mol. The summed E-state index contributed by atoms with van der Waals surface area (Å²) in [5, 5.41) is 3.87. The first-order chi connectivity index (χ1) is 31.3. The normalized spacial score (nSPS) is 37.7. The molecule has 354 valence electrons. The molecule has 8 aliphatic carbocycles. The second-order valence-electron chi connectivity index (χ2n) is 21.7. The predicted octanol–water partition coefficient (Wildman–Crippen LogP) is 10.6. The van der Waals surface area contributed by atoms with Crippen LogP contribution in [0, 0.1) is 87.8 Å². The van der Waals surface area contributed by atoms with Gasteiger partial charge in [-0.2, -0.15) is 8.42 Å². The summed E-state index contributed by atoms with van der Waals surface area (Å²) in [6, 6.07) is 6.87. The molecular weight excluding hydrogens is 863 g/mol. The fraction of sp³-hybridized carbons (Fsp3) is 0.692. The molecule has 1 aromatic carbocycles. The Labute approximate surface area is 417 Å². The Kier molecular flexibility index (Phi) is 17.2. The van der Waals surface area contributed by atoms with Crippen LogP contribution in [0.2, 0.25) is 0 Å². The van der Waals surface area contributed by atoms with Crippen LogP contribution < -0.4 is 29.6 Å². The number of fused-ring (bicyclic) bond motifs is 10. The van der Waals surface area contributed by atoms with Gasteiger partial charge in [-0.05, 0) is 193 Å². The van der Waals surface area contributed by atoms with E-state index < -0.39 is 17.3 Å². The molecule has 8 aliphatic rings. The number of rotatable bonds is 8. The molecular formula is C52H72FN6NaO5S. The average molecular weight is 936 g/mol. The van der Waals surface area contributed by atoms with E-state index in [1.54, 1.807) is 12.1 Å². The molecule has 4 fully saturated rings. The van der Waals surface area contributed by atoms with Crippen molar-refractivity contribution in [1.82, 2.24) is 0 Å². The van der Waals surface area contributed by atoms with Crippen LogP contribution in [0.3, 0.4) is 0 Å². The van der Waals surface area contributed by atoms with Gasteiger partial charge in [0.25, 0.3) is 10.1 Å². The zero-order chi connectivity index (χ0) is 48.2. The van der Waals surface area contributed by atoms with Crippen molar-refractivity contribution in [2.75, 3.05) is 20.3 Å². The summed E-state index contributed by atoms with van der Waals surface area (Å²) in [6.45, 7) is 17.0. The quantitative estimate of drug-likeness (QED) is 0.0824. The smallest absolute Gasteiger partial charge is 0.373 e. The summed E-state index contributed by atoms with van der Waals surface area (Å²) >= 11 is 0.